The number of rotatable bonds is 6. The molecule has 0 aromatic heterocycles. The summed E-state index contributed by atoms with van der Waals surface area (Å²) < 4.78 is 0. The minimum Gasteiger partial charge on any atom is -0.355 e. The van der Waals surface area contributed by atoms with E-state index in [0.29, 0.717) is 18.9 Å². The molecule has 0 saturated carbocycles. The van der Waals surface area contributed by atoms with E-state index in [1.807, 2.05) is 7.05 Å². The minimum atomic E-state index is 0.110. The van der Waals surface area contributed by atoms with Crippen molar-refractivity contribution in [2.24, 2.45) is 0 Å². The quantitative estimate of drug-likeness (QED) is 0.788. The van der Waals surface area contributed by atoms with E-state index in [1.165, 1.54) is 11.1 Å². The summed E-state index contributed by atoms with van der Waals surface area (Å²) in [5.74, 6) is 0.465. The number of carbonyl (C=O) groups excluding carboxylic acids is 1. The number of amides is 1. The van der Waals surface area contributed by atoms with Crippen LogP contribution in [0.3, 0.4) is 0 Å². The summed E-state index contributed by atoms with van der Waals surface area (Å²) in [6.45, 7) is 5.64. The summed E-state index contributed by atoms with van der Waals surface area (Å²) in [6.07, 6.45) is 0.539. The Balaban J connectivity index is 2.39. The van der Waals surface area contributed by atoms with Crippen molar-refractivity contribution in [3.63, 3.8) is 0 Å². The SMILES string of the molecule is CNCCC(=O)NCC(C)c1cccc(C)c1. The van der Waals surface area contributed by atoms with Gasteiger partial charge in [-0.3, -0.25) is 4.79 Å². The topological polar surface area (TPSA) is 41.1 Å². The maximum absolute atomic E-state index is 11.5. The summed E-state index contributed by atoms with van der Waals surface area (Å²) in [4.78, 5) is 11.5. The number of hydrogen-bond donors (Lipinski definition) is 2. The van der Waals surface area contributed by atoms with Crippen LogP contribution in [0.4, 0.5) is 0 Å². The third kappa shape index (κ3) is 5.00. The Morgan fingerprint density at radius 3 is 2.82 bits per heavy atom. The molecule has 0 radical (unpaired) electrons. The summed E-state index contributed by atoms with van der Waals surface area (Å²) in [5, 5.41) is 5.92. The van der Waals surface area contributed by atoms with Crippen molar-refractivity contribution in [3.05, 3.63) is 35.4 Å². The van der Waals surface area contributed by atoms with Gasteiger partial charge in [0.05, 0.1) is 0 Å². The fourth-order valence-corrected chi connectivity index (χ4v) is 1.69. The maximum atomic E-state index is 11.5. The van der Waals surface area contributed by atoms with Crippen molar-refractivity contribution >= 4 is 5.91 Å². The number of hydrogen-bond acceptors (Lipinski definition) is 2. The molecule has 0 aliphatic heterocycles. The highest BCUT2D eigenvalue weighted by atomic mass is 16.1. The third-order valence-electron chi connectivity index (χ3n) is 2.82. The van der Waals surface area contributed by atoms with Crippen molar-refractivity contribution in [2.75, 3.05) is 20.1 Å². The lowest BCUT2D eigenvalue weighted by molar-refractivity contribution is -0.121. The highest BCUT2D eigenvalue weighted by Crippen LogP contribution is 2.15. The van der Waals surface area contributed by atoms with Gasteiger partial charge in [-0.05, 0) is 25.5 Å². The Kier molecular flexibility index (Phi) is 5.70. The Morgan fingerprint density at radius 1 is 1.41 bits per heavy atom. The smallest absolute Gasteiger partial charge is 0.221 e. The van der Waals surface area contributed by atoms with Gasteiger partial charge in [-0.1, -0.05) is 36.8 Å². The predicted octanol–water partition coefficient (Wildman–Crippen LogP) is 1.82. The molecule has 1 unspecified atom stereocenters. The van der Waals surface area contributed by atoms with Gasteiger partial charge in [0, 0.05) is 19.5 Å². The van der Waals surface area contributed by atoms with Crippen molar-refractivity contribution in [1.82, 2.24) is 10.6 Å². The molecule has 1 atom stereocenters. The molecule has 0 aliphatic rings. The Labute approximate surface area is 104 Å². The first-order valence-electron chi connectivity index (χ1n) is 6.11. The standard InChI is InChI=1S/C14H22N2O/c1-11-5-4-6-13(9-11)12(2)10-16-14(17)7-8-15-3/h4-6,9,12,15H,7-8,10H2,1-3H3,(H,16,17). The van der Waals surface area contributed by atoms with Crippen molar-refractivity contribution in [1.29, 1.82) is 0 Å². The van der Waals surface area contributed by atoms with E-state index < -0.39 is 0 Å². The van der Waals surface area contributed by atoms with Crippen LogP contribution < -0.4 is 10.6 Å². The van der Waals surface area contributed by atoms with Crippen molar-refractivity contribution in [2.45, 2.75) is 26.2 Å². The lowest BCUT2D eigenvalue weighted by Crippen LogP contribution is -2.29. The Morgan fingerprint density at radius 2 is 2.18 bits per heavy atom. The molecule has 1 amide bonds. The molecule has 0 saturated heterocycles. The molecule has 3 nitrogen and oxygen atoms in total. The fraction of sp³-hybridized carbons (Fsp3) is 0.500. The van der Waals surface area contributed by atoms with Gasteiger partial charge in [0.25, 0.3) is 0 Å². The molecule has 17 heavy (non-hydrogen) atoms. The van der Waals surface area contributed by atoms with E-state index >= 15 is 0 Å². The molecule has 1 aromatic rings. The van der Waals surface area contributed by atoms with Gasteiger partial charge in [0.2, 0.25) is 5.91 Å². The molecule has 0 heterocycles. The lowest BCUT2D eigenvalue weighted by atomic mass is 9.99. The number of carbonyl (C=O) groups is 1. The highest BCUT2D eigenvalue weighted by Gasteiger charge is 2.07. The molecule has 94 valence electrons. The van der Waals surface area contributed by atoms with Crippen LogP contribution in [0.1, 0.15) is 30.4 Å². The van der Waals surface area contributed by atoms with Crippen LogP contribution in [0.2, 0.25) is 0 Å². The number of benzene rings is 1. The van der Waals surface area contributed by atoms with Gasteiger partial charge in [-0.15, -0.1) is 0 Å². The molecule has 1 aromatic carbocycles. The molecular formula is C14H22N2O. The zero-order chi connectivity index (χ0) is 12.7. The van der Waals surface area contributed by atoms with Crippen LogP contribution in [-0.2, 0) is 4.79 Å². The summed E-state index contributed by atoms with van der Waals surface area (Å²) in [7, 11) is 1.85. The predicted molar refractivity (Wildman–Crippen MR) is 71.1 cm³/mol. The zero-order valence-corrected chi connectivity index (χ0v) is 10.9. The maximum Gasteiger partial charge on any atom is 0.221 e. The molecule has 2 N–H and O–H groups in total. The van der Waals surface area contributed by atoms with Crippen molar-refractivity contribution < 1.29 is 4.79 Å². The lowest BCUT2D eigenvalue weighted by Gasteiger charge is -2.13. The fourth-order valence-electron chi connectivity index (χ4n) is 1.69. The van der Waals surface area contributed by atoms with Crippen LogP contribution >= 0.6 is 0 Å². The van der Waals surface area contributed by atoms with E-state index in [9.17, 15) is 4.79 Å². The van der Waals surface area contributed by atoms with Gasteiger partial charge in [-0.25, -0.2) is 0 Å². The van der Waals surface area contributed by atoms with Gasteiger partial charge in [0.15, 0.2) is 0 Å². The molecule has 0 spiro atoms. The molecule has 1 rings (SSSR count). The first-order valence-corrected chi connectivity index (χ1v) is 6.11. The van der Waals surface area contributed by atoms with Gasteiger partial charge in [-0.2, -0.15) is 0 Å². The Bertz CT molecular complexity index is 363. The molecule has 3 heteroatoms. The highest BCUT2D eigenvalue weighted by molar-refractivity contribution is 5.76. The number of aryl methyl sites for hydroxylation is 1. The van der Waals surface area contributed by atoms with Gasteiger partial charge >= 0.3 is 0 Å². The van der Waals surface area contributed by atoms with Crippen LogP contribution in [-0.4, -0.2) is 26.0 Å². The largest absolute Gasteiger partial charge is 0.355 e. The second kappa shape index (κ2) is 7.07. The molecule has 0 fully saturated rings. The van der Waals surface area contributed by atoms with Crippen LogP contribution in [0, 0.1) is 6.92 Å². The van der Waals surface area contributed by atoms with E-state index in [1.54, 1.807) is 0 Å². The minimum absolute atomic E-state index is 0.110. The summed E-state index contributed by atoms with van der Waals surface area (Å²) in [6, 6.07) is 8.42. The van der Waals surface area contributed by atoms with E-state index in [0.717, 1.165) is 6.54 Å². The van der Waals surface area contributed by atoms with E-state index in [4.69, 9.17) is 0 Å². The van der Waals surface area contributed by atoms with Crippen LogP contribution in [0.15, 0.2) is 24.3 Å². The monoisotopic (exact) mass is 234 g/mol. The molecular weight excluding hydrogens is 212 g/mol. The van der Waals surface area contributed by atoms with Gasteiger partial charge in [0.1, 0.15) is 0 Å². The second-order valence-corrected chi connectivity index (χ2v) is 4.47. The molecule has 0 aliphatic carbocycles. The summed E-state index contributed by atoms with van der Waals surface area (Å²) in [5.41, 5.74) is 2.54. The normalized spacial score (nSPS) is 12.2. The second-order valence-electron chi connectivity index (χ2n) is 4.47. The van der Waals surface area contributed by atoms with Crippen LogP contribution in [0.25, 0.3) is 0 Å². The van der Waals surface area contributed by atoms with E-state index in [-0.39, 0.29) is 5.91 Å². The summed E-state index contributed by atoms with van der Waals surface area (Å²) >= 11 is 0. The Hall–Kier alpha value is -1.35. The van der Waals surface area contributed by atoms with Crippen LogP contribution in [0.5, 0.6) is 0 Å². The molecule has 0 bridgehead atoms. The average Bonchev–Trinajstić information content (AvgIpc) is 2.33. The average molecular weight is 234 g/mol. The number of nitrogens with one attached hydrogen (secondary N) is 2. The van der Waals surface area contributed by atoms with Crippen molar-refractivity contribution in [3.8, 4) is 0 Å². The van der Waals surface area contributed by atoms with E-state index in [2.05, 4.69) is 48.7 Å². The first-order chi connectivity index (χ1) is 8.13. The third-order valence-corrected chi connectivity index (χ3v) is 2.82. The van der Waals surface area contributed by atoms with Gasteiger partial charge < -0.3 is 10.6 Å². The first kappa shape index (κ1) is 13.7. The zero-order valence-electron chi connectivity index (χ0n) is 10.9.